The maximum atomic E-state index is 11.2. The van der Waals surface area contributed by atoms with E-state index >= 15 is 0 Å². The highest BCUT2D eigenvalue weighted by atomic mass is 31.2. The SMILES string of the molecule is Cc1cc2ncnc(NCc3ccc(P(=O)(O)O)cc3)c2cc1C. The molecule has 0 unspecified atom stereocenters. The minimum absolute atomic E-state index is 0.0184. The maximum absolute atomic E-state index is 11.2. The summed E-state index contributed by atoms with van der Waals surface area (Å²) >= 11 is 0. The van der Waals surface area contributed by atoms with E-state index in [-0.39, 0.29) is 5.30 Å². The zero-order valence-electron chi connectivity index (χ0n) is 13.4. The molecule has 0 saturated heterocycles. The van der Waals surface area contributed by atoms with Crippen molar-refractivity contribution in [3.8, 4) is 0 Å². The summed E-state index contributed by atoms with van der Waals surface area (Å²) in [4.78, 5) is 26.9. The Morgan fingerprint density at radius 2 is 1.71 bits per heavy atom. The van der Waals surface area contributed by atoms with Gasteiger partial charge in [0.25, 0.3) is 0 Å². The van der Waals surface area contributed by atoms with Crippen LogP contribution >= 0.6 is 7.60 Å². The molecule has 3 rings (SSSR count). The standard InChI is InChI=1S/C17H18N3O3P/c1-11-7-15-16(8-12(11)2)19-10-20-17(15)18-9-13-3-5-14(6-4-13)24(21,22)23/h3-8,10H,9H2,1-2H3,(H,18,19,20)(H2,21,22,23). The number of nitrogens with zero attached hydrogens (tertiary/aromatic N) is 2. The number of benzene rings is 2. The summed E-state index contributed by atoms with van der Waals surface area (Å²) in [5.74, 6) is 0.738. The van der Waals surface area contributed by atoms with Crippen molar-refractivity contribution in [2.75, 3.05) is 5.32 Å². The van der Waals surface area contributed by atoms with E-state index in [1.807, 2.05) is 19.9 Å². The second-order valence-corrected chi connectivity index (χ2v) is 7.34. The summed E-state index contributed by atoms with van der Waals surface area (Å²) in [5.41, 5.74) is 4.14. The van der Waals surface area contributed by atoms with Crippen LogP contribution in [-0.4, -0.2) is 19.8 Å². The Morgan fingerprint density at radius 1 is 1.04 bits per heavy atom. The topological polar surface area (TPSA) is 95.3 Å². The summed E-state index contributed by atoms with van der Waals surface area (Å²) in [5, 5.41) is 4.23. The Bertz CT molecular complexity index is 936. The van der Waals surface area contributed by atoms with Crippen molar-refractivity contribution < 1.29 is 14.4 Å². The summed E-state index contributed by atoms with van der Waals surface area (Å²) in [7, 11) is -4.20. The first-order valence-corrected chi connectivity index (χ1v) is 9.07. The van der Waals surface area contributed by atoms with Crippen LogP contribution in [-0.2, 0) is 11.1 Å². The van der Waals surface area contributed by atoms with Gasteiger partial charge >= 0.3 is 7.60 Å². The molecule has 0 amide bonds. The zero-order valence-corrected chi connectivity index (χ0v) is 14.3. The fourth-order valence-corrected chi connectivity index (χ4v) is 2.99. The molecule has 0 atom stereocenters. The number of hydrogen-bond donors (Lipinski definition) is 3. The minimum Gasteiger partial charge on any atom is -0.365 e. The molecule has 7 heteroatoms. The van der Waals surface area contributed by atoms with Crippen LogP contribution in [0.25, 0.3) is 10.9 Å². The lowest BCUT2D eigenvalue weighted by molar-refractivity contribution is 0.387. The van der Waals surface area contributed by atoms with Crippen LogP contribution in [0.5, 0.6) is 0 Å². The van der Waals surface area contributed by atoms with E-state index in [2.05, 4.69) is 21.4 Å². The summed E-state index contributed by atoms with van der Waals surface area (Å²) in [6, 6.07) is 10.4. The maximum Gasteiger partial charge on any atom is 0.356 e. The zero-order chi connectivity index (χ0) is 17.3. The van der Waals surface area contributed by atoms with Gasteiger partial charge in [0, 0.05) is 11.9 Å². The van der Waals surface area contributed by atoms with Crippen molar-refractivity contribution in [2.24, 2.45) is 0 Å². The monoisotopic (exact) mass is 343 g/mol. The molecular weight excluding hydrogens is 325 g/mol. The van der Waals surface area contributed by atoms with Gasteiger partial charge in [-0.15, -0.1) is 0 Å². The van der Waals surface area contributed by atoms with E-state index in [1.165, 1.54) is 29.6 Å². The average molecular weight is 343 g/mol. The van der Waals surface area contributed by atoms with Crippen LogP contribution in [0.15, 0.2) is 42.7 Å². The van der Waals surface area contributed by atoms with E-state index in [9.17, 15) is 4.57 Å². The molecule has 0 bridgehead atoms. The lowest BCUT2D eigenvalue weighted by Gasteiger charge is -2.11. The van der Waals surface area contributed by atoms with Crippen LogP contribution in [0.3, 0.4) is 0 Å². The van der Waals surface area contributed by atoms with Gasteiger partial charge in [-0.2, -0.15) is 0 Å². The molecule has 1 aromatic heterocycles. The van der Waals surface area contributed by atoms with Gasteiger partial charge in [0.15, 0.2) is 0 Å². The predicted octanol–water partition coefficient (Wildman–Crippen LogP) is 2.66. The summed E-state index contributed by atoms with van der Waals surface area (Å²) < 4.78 is 11.2. The molecule has 0 spiro atoms. The number of rotatable bonds is 4. The second kappa shape index (κ2) is 6.32. The lowest BCUT2D eigenvalue weighted by atomic mass is 10.1. The van der Waals surface area contributed by atoms with Gasteiger partial charge in [-0.1, -0.05) is 12.1 Å². The molecule has 0 aliphatic carbocycles. The van der Waals surface area contributed by atoms with Gasteiger partial charge in [0.05, 0.1) is 10.8 Å². The molecule has 6 nitrogen and oxygen atoms in total. The number of fused-ring (bicyclic) bond motifs is 1. The van der Waals surface area contributed by atoms with Gasteiger partial charge in [-0.3, -0.25) is 4.57 Å². The van der Waals surface area contributed by atoms with E-state index in [4.69, 9.17) is 9.79 Å². The van der Waals surface area contributed by atoms with Crippen molar-refractivity contribution in [3.63, 3.8) is 0 Å². The van der Waals surface area contributed by atoms with Gasteiger partial charge in [-0.25, -0.2) is 9.97 Å². The summed E-state index contributed by atoms with van der Waals surface area (Å²) in [6.45, 7) is 4.60. The Kier molecular flexibility index (Phi) is 4.37. The quantitative estimate of drug-likeness (QED) is 0.631. The first-order chi connectivity index (χ1) is 11.3. The number of anilines is 1. The van der Waals surface area contributed by atoms with Crippen LogP contribution in [0.1, 0.15) is 16.7 Å². The highest BCUT2D eigenvalue weighted by Gasteiger charge is 2.16. The molecule has 0 radical (unpaired) electrons. The molecule has 124 valence electrons. The van der Waals surface area contributed by atoms with E-state index < -0.39 is 7.60 Å². The second-order valence-electron chi connectivity index (χ2n) is 5.74. The third-order valence-corrected chi connectivity index (χ3v) is 4.95. The Morgan fingerprint density at radius 3 is 2.38 bits per heavy atom. The largest absolute Gasteiger partial charge is 0.365 e. The molecule has 0 fully saturated rings. The number of aromatic nitrogens is 2. The van der Waals surface area contributed by atoms with E-state index in [0.29, 0.717) is 6.54 Å². The first-order valence-electron chi connectivity index (χ1n) is 7.45. The number of aryl methyl sites for hydroxylation is 2. The molecule has 3 N–H and O–H groups in total. The number of nitrogens with one attached hydrogen (secondary N) is 1. The molecule has 0 aliphatic rings. The third kappa shape index (κ3) is 3.46. The lowest BCUT2D eigenvalue weighted by Crippen LogP contribution is -2.06. The highest BCUT2D eigenvalue weighted by Crippen LogP contribution is 2.32. The number of hydrogen-bond acceptors (Lipinski definition) is 4. The molecule has 24 heavy (non-hydrogen) atoms. The average Bonchev–Trinajstić information content (AvgIpc) is 2.54. The normalized spacial score (nSPS) is 11.7. The Balaban J connectivity index is 1.83. The van der Waals surface area contributed by atoms with Gasteiger partial charge in [0.2, 0.25) is 0 Å². The molecule has 3 aromatic rings. The van der Waals surface area contributed by atoms with Gasteiger partial charge in [-0.05, 0) is 54.8 Å². The Labute approximate surface area is 139 Å². The van der Waals surface area contributed by atoms with Crippen molar-refractivity contribution in [1.82, 2.24) is 9.97 Å². The third-order valence-electron chi connectivity index (χ3n) is 3.98. The smallest absolute Gasteiger partial charge is 0.356 e. The molecular formula is C17H18N3O3P. The molecule has 2 aromatic carbocycles. The van der Waals surface area contributed by atoms with Crippen molar-refractivity contribution in [3.05, 3.63) is 59.4 Å². The van der Waals surface area contributed by atoms with E-state index in [1.54, 1.807) is 12.1 Å². The van der Waals surface area contributed by atoms with Crippen molar-refractivity contribution >= 4 is 29.6 Å². The van der Waals surface area contributed by atoms with E-state index in [0.717, 1.165) is 22.3 Å². The molecule has 0 aliphatic heterocycles. The van der Waals surface area contributed by atoms with Crippen LogP contribution in [0.4, 0.5) is 5.82 Å². The minimum atomic E-state index is -4.20. The summed E-state index contributed by atoms with van der Waals surface area (Å²) in [6.07, 6.45) is 1.52. The first kappa shape index (κ1) is 16.6. The van der Waals surface area contributed by atoms with Crippen molar-refractivity contribution in [1.29, 1.82) is 0 Å². The van der Waals surface area contributed by atoms with Crippen LogP contribution in [0, 0.1) is 13.8 Å². The molecule has 1 heterocycles. The van der Waals surface area contributed by atoms with Crippen LogP contribution in [0.2, 0.25) is 0 Å². The van der Waals surface area contributed by atoms with Gasteiger partial charge in [0.1, 0.15) is 12.1 Å². The van der Waals surface area contributed by atoms with Crippen molar-refractivity contribution in [2.45, 2.75) is 20.4 Å². The van der Waals surface area contributed by atoms with Gasteiger partial charge < -0.3 is 15.1 Å². The molecule has 0 saturated carbocycles. The fraction of sp³-hybridized carbons (Fsp3) is 0.176. The highest BCUT2D eigenvalue weighted by molar-refractivity contribution is 7.60. The van der Waals surface area contributed by atoms with Crippen LogP contribution < -0.4 is 10.6 Å². The Hall–Kier alpha value is -2.27. The fourth-order valence-electron chi connectivity index (χ4n) is 2.45. The predicted molar refractivity (Wildman–Crippen MR) is 94.5 cm³/mol.